The highest BCUT2D eigenvalue weighted by atomic mass is 79.9. The van der Waals surface area contributed by atoms with Crippen molar-refractivity contribution in [3.05, 3.63) is 26.6 Å². The van der Waals surface area contributed by atoms with Crippen LogP contribution in [-0.2, 0) is 6.54 Å². The van der Waals surface area contributed by atoms with Gasteiger partial charge in [0, 0.05) is 19.1 Å². The molecule has 1 aliphatic rings. The predicted molar refractivity (Wildman–Crippen MR) is 99.6 cm³/mol. The van der Waals surface area contributed by atoms with E-state index in [0.29, 0.717) is 6.04 Å². The first-order chi connectivity index (χ1) is 10.7. The number of hydrogen-bond donors (Lipinski definition) is 1. The van der Waals surface area contributed by atoms with Gasteiger partial charge in [-0.2, -0.15) is 0 Å². The maximum atomic E-state index is 5.77. The Hall–Kier alpha value is -0.100. The molecule has 5 heteroatoms. The molecule has 1 fully saturated rings. The van der Waals surface area contributed by atoms with Gasteiger partial charge in [0.05, 0.1) is 15.6 Å². The first-order valence-corrected chi connectivity index (χ1v) is 9.79. The number of nitrogens with one attached hydrogen (secondary N) is 1. The lowest BCUT2D eigenvalue weighted by molar-refractivity contribution is 0.260. The molecule has 0 spiro atoms. The highest BCUT2D eigenvalue weighted by Gasteiger charge is 2.22. The van der Waals surface area contributed by atoms with Crippen LogP contribution in [0.2, 0.25) is 0 Å². The van der Waals surface area contributed by atoms with Gasteiger partial charge in [-0.25, -0.2) is 0 Å². The van der Waals surface area contributed by atoms with E-state index in [9.17, 15) is 0 Å². The molecule has 0 saturated carbocycles. The summed E-state index contributed by atoms with van der Waals surface area (Å²) in [6.45, 7) is 9.47. The molecule has 1 saturated heterocycles. The van der Waals surface area contributed by atoms with Gasteiger partial charge in [0.25, 0.3) is 0 Å². The minimum absolute atomic E-state index is 0.698. The van der Waals surface area contributed by atoms with E-state index in [1.807, 2.05) is 0 Å². The topological polar surface area (TPSA) is 24.5 Å². The smallest absolute Gasteiger partial charge is 0.147 e. The summed E-state index contributed by atoms with van der Waals surface area (Å²) in [6.07, 6.45) is 3.66. The minimum Gasteiger partial charge on any atom is -0.491 e. The third kappa shape index (κ3) is 4.95. The first kappa shape index (κ1) is 18.2. The van der Waals surface area contributed by atoms with Crippen molar-refractivity contribution in [2.75, 3.05) is 26.2 Å². The molecule has 1 aromatic carbocycles. The molecule has 124 valence electrons. The van der Waals surface area contributed by atoms with E-state index in [1.54, 1.807) is 0 Å². The Morgan fingerprint density at radius 1 is 1.27 bits per heavy atom. The number of hydrogen-bond acceptors (Lipinski definition) is 3. The third-order valence-electron chi connectivity index (χ3n) is 4.12. The van der Waals surface area contributed by atoms with Crippen molar-refractivity contribution in [1.29, 1.82) is 0 Å². The van der Waals surface area contributed by atoms with E-state index in [1.165, 1.54) is 24.9 Å². The minimum atomic E-state index is 0.698. The maximum Gasteiger partial charge on any atom is 0.147 e. The number of benzene rings is 1. The Labute approximate surface area is 151 Å². The summed E-state index contributed by atoms with van der Waals surface area (Å²) in [5, 5.41) is 3.60. The molecule has 22 heavy (non-hydrogen) atoms. The molecule has 0 aromatic heterocycles. The fourth-order valence-corrected chi connectivity index (χ4v) is 4.49. The summed E-state index contributed by atoms with van der Waals surface area (Å²) in [4.78, 5) is 2.57. The first-order valence-electron chi connectivity index (χ1n) is 8.21. The van der Waals surface area contributed by atoms with E-state index in [-0.39, 0.29) is 0 Å². The summed E-state index contributed by atoms with van der Waals surface area (Å²) in [5.41, 5.74) is 1.27. The Kier molecular flexibility index (Phi) is 7.68. The monoisotopic (exact) mass is 432 g/mol. The van der Waals surface area contributed by atoms with Crippen molar-refractivity contribution < 1.29 is 4.74 Å². The molecule has 1 N–H and O–H groups in total. The highest BCUT2D eigenvalue weighted by Crippen LogP contribution is 2.34. The number of rotatable bonds is 8. The Bertz CT molecular complexity index is 459. The fourth-order valence-electron chi connectivity index (χ4n) is 2.98. The van der Waals surface area contributed by atoms with E-state index in [4.69, 9.17) is 4.74 Å². The highest BCUT2D eigenvalue weighted by molar-refractivity contribution is 9.11. The number of likely N-dealkylation sites (N-methyl/N-ethyl adjacent to an activating group) is 1. The number of ether oxygens (including phenoxy) is 1. The van der Waals surface area contributed by atoms with Gasteiger partial charge in [-0.3, -0.25) is 4.90 Å². The van der Waals surface area contributed by atoms with Crippen molar-refractivity contribution >= 4 is 31.9 Å². The fraction of sp³-hybridized carbons (Fsp3) is 0.647. The van der Waals surface area contributed by atoms with Crippen LogP contribution in [0.25, 0.3) is 0 Å². The second kappa shape index (κ2) is 9.26. The van der Waals surface area contributed by atoms with Gasteiger partial charge in [-0.1, -0.05) is 13.8 Å². The van der Waals surface area contributed by atoms with Gasteiger partial charge >= 0.3 is 0 Å². The quantitative estimate of drug-likeness (QED) is 0.649. The Morgan fingerprint density at radius 3 is 2.64 bits per heavy atom. The van der Waals surface area contributed by atoms with E-state index in [0.717, 1.165) is 47.4 Å². The lowest BCUT2D eigenvalue weighted by Crippen LogP contribution is -2.37. The van der Waals surface area contributed by atoms with Crippen LogP contribution in [0.15, 0.2) is 21.1 Å². The molecule has 2 rings (SSSR count). The summed E-state index contributed by atoms with van der Waals surface area (Å²) in [5.74, 6) is 0.901. The molecular formula is C17H26Br2N2O. The van der Waals surface area contributed by atoms with Gasteiger partial charge in [-0.15, -0.1) is 0 Å². The van der Waals surface area contributed by atoms with Crippen molar-refractivity contribution in [3.63, 3.8) is 0 Å². The standard InChI is InChI=1S/C17H26Br2N2O/c1-3-8-22-17-15(18)9-13(10-16(17)19)11-20-12-14-6-5-7-21(14)4-2/h9-10,14,20H,3-8,11-12H2,1-2H3/t14-/m1/s1. The lowest BCUT2D eigenvalue weighted by atomic mass is 10.2. The number of nitrogens with zero attached hydrogens (tertiary/aromatic N) is 1. The summed E-state index contributed by atoms with van der Waals surface area (Å²) >= 11 is 7.23. The van der Waals surface area contributed by atoms with Gasteiger partial charge in [-0.05, 0) is 81.9 Å². The zero-order chi connectivity index (χ0) is 15.9. The van der Waals surface area contributed by atoms with Gasteiger partial charge in [0.15, 0.2) is 0 Å². The Morgan fingerprint density at radius 2 is 2.00 bits per heavy atom. The molecule has 0 aliphatic carbocycles. The maximum absolute atomic E-state index is 5.77. The van der Waals surface area contributed by atoms with Gasteiger partial charge < -0.3 is 10.1 Å². The molecular weight excluding hydrogens is 408 g/mol. The largest absolute Gasteiger partial charge is 0.491 e. The van der Waals surface area contributed by atoms with E-state index >= 15 is 0 Å². The normalized spacial score (nSPS) is 18.8. The SMILES string of the molecule is CCCOc1c(Br)cc(CNC[C@H]2CCCN2CC)cc1Br. The molecule has 0 radical (unpaired) electrons. The molecule has 0 unspecified atom stereocenters. The van der Waals surface area contributed by atoms with Crippen molar-refractivity contribution in [2.45, 2.75) is 45.7 Å². The van der Waals surface area contributed by atoms with Crippen LogP contribution in [0.4, 0.5) is 0 Å². The molecule has 1 atom stereocenters. The average Bonchev–Trinajstić information content (AvgIpc) is 2.94. The summed E-state index contributed by atoms with van der Waals surface area (Å²) in [6, 6.07) is 4.99. The zero-order valence-electron chi connectivity index (χ0n) is 13.5. The molecule has 1 heterocycles. The van der Waals surface area contributed by atoms with Crippen LogP contribution in [0.5, 0.6) is 5.75 Å². The number of likely N-dealkylation sites (tertiary alicyclic amines) is 1. The number of halogens is 2. The summed E-state index contributed by atoms with van der Waals surface area (Å²) in [7, 11) is 0. The predicted octanol–water partition coefficient (Wildman–Crippen LogP) is 4.57. The Balaban J connectivity index is 1.88. The third-order valence-corrected chi connectivity index (χ3v) is 5.30. The zero-order valence-corrected chi connectivity index (χ0v) is 16.7. The van der Waals surface area contributed by atoms with Crippen molar-refractivity contribution in [2.24, 2.45) is 0 Å². The van der Waals surface area contributed by atoms with Crippen LogP contribution in [0.3, 0.4) is 0 Å². The van der Waals surface area contributed by atoms with Crippen molar-refractivity contribution in [3.8, 4) is 5.75 Å². The van der Waals surface area contributed by atoms with Crippen LogP contribution in [-0.4, -0.2) is 37.2 Å². The molecule has 3 nitrogen and oxygen atoms in total. The van der Waals surface area contributed by atoms with E-state index in [2.05, 4.69) is 68.1 Å². The second-order valence-electron chi connectivity index (χ2n) is 5.79. The molecule has 1 aromatic rings. The van der Waals surface area contributed by atoms with E-state index < -0.39 is 0 Å². The van der Waals surface area contributed by atoms with Crippen LogP contribution in [0.1, 0.15) is 38.7 Å². The van der Waals surface area contributed by atoms with Crippen LogP contribution < -0.4 is 10.1 Å². The van der Waals surface area contributed by atoms with Crippen molar-refractivity contribution in [1.82, 2.24) is 10.2 Å². The average molecular weight is 434 g/mol. The second-order valence-corrected chi connectivity index (χ2v) is 7.50. The lowest BCUT2D eigenvalue weighted by Gasteiger charge is -2.23. The molecule has 0 bridgehead atoms. The molecule has 0 amide bonds. The van der Waals surface area contributed by atoms with Gasteiger partial charge in [0.1, 0.15) is 5.75 Å². The summed E-state index contributed by atoms with van der Waals surface area (Å²) < 4.78 is 7.80. The van der Waals surface area contributed by atoms with Crippen LogP contribution in [0, 0.1) is 0 Å². The van der Waals surface area contributed by atoms with Gasteiger partial charge in [0.2, 0.25) is 0 Å². The molecule has 1 aliphatic heterocycles. The van der Waals surface area contributed by atoms with Crippen LogP contribution >= 0.6 is 31.9 Å².